The first-order chi connectivity index (χ1) is 7.86. The van der Waals surface area contributed by atoms with E-state index >= 15 is 0 Å². The summed E-state index contributed by atoms with van der Waals surface area (Å²) in [5, 5.41) is 7.45. The molecule has 0 aliphatic heterocycles. The van der Waals surface area contributed by atoms with Gasteiger partial charge in [-0.1, -0.05) is 0 Å². The van der Waals surface area contributed by atoms with E-state index in [9.17, 15) is 0 Å². The van der Waals surface area contributed by atoms with Gasteiger partial charge in [0.05, 0.1) is 6.10 Å². The highest BCUT2D eigenvalue weighted by Crippen LogP contribution is 2.39. The number of aromatic amines is 1. The number of hydrogen-bond donors (Lipinski definition) is 1. The molecule has 4 heteroatoms. The van der Waals surface area contributed by atoms with Crippen LogP contribution in [-0.4, -0.2) is 28.4 Å². The van der Waals surface area contributed by atoms with Crippen molar-refractivity contribution in [2.75, 3.05) is 7.11 Å². The van der Waals surface area contributed by atoms with Crippen molar-refractivity contribution in [2.45, 2.75) is 56.5 Å². The fourth-order valence-corrected chi connectivity index (χ4v) is 2.57. The highest BCUT2D eigenvalue weighted by atomic mass is 16.5. The monoisotopic (exact) mass is 221 g/mol. The summed E-state index contributed by atoms with van der Waals surface area (Å²) in [5.74, 6) is 3.38. The lowest BCUT2D eigenvalue weighted by Gasteiger charge is -2.25. The molecule has 0 atom stereocenters. The van der Waals surface area contributed by atoms with Crippen LogP contribution >= 0.6 is 0 Å². The molecule has 2 aliphatic rings. The van der Waals surface area contributed by atoms with Crippen LogP contribution in [0.15, 0.2) is 0 Å². The Hall–Kier alpha value is -0.900. The van der Waals surface area contributed by atoms with Crippen LogP contribution in [0.5, 0.6) is 0 Å². The number of nitrogens with one attached hydrogen (secondary N) is 1. The third kappa shape index (κ3) is 1.98. The van der Waals surface area contributed by atoms with Crippen LogP contribution in [0, 0.1) is 0 Å². The Morgan fingerprint density at radius 1 is 1.06 bits per heavy atom. The SMILES string of the molecule is COC1CCC(c2nc(C3CC3)n[nH]2)CC1. The zero-order valence-corrected chi connectivity index (χ0v) is 9.78. The number of aromatic nitrogens is 3. The number of methoxy groups -OCH3 is 1. The predicted octanol–water partition coefficient (Wildman–Crippen LogP) is 2.35. The van der Waals surface area contributed by atoms with Crippen LogP contribution < -0.4 is 0 Å². The number of H-pyrrole nitrogens is 1. The van der Waals surface area contributed by atoms with Gasteiger partial charge in [-0.25, -0.2) is 4.98 Å². The van der Waals surface area contributed by atoms with E-state index in [2.05, 4.69) is 15.2 Å². The van der Waals surface area contributed by atoms with Crippen molar-refractivity contribution in [2.24, 2.45) is 0 Å². The van der Waals surface area contributed by atoms with Crippen LogP contribution in [0.1, 0.15) is 62.0 Å². The first-order valence-electron chi connectivity index (χ1n) is 6.32. The molecule has 1 heterocycles. The van der Waals surface area contributed by atoms with Crippen molar-refractivity contribution in [1.29, 1.82) is 0 Å². The van der Waals surface area contributed by atoms with Gasteiger partial charge in [-0.2, -0.15) is 5.10 Å². The number of ether oxygens (including phenoxy) is 1. The molecule has 2 fully saturated rings. The summed E-state index contributed by atoms with van der Waals surface area (Å²) in [7, 11) is 1.81. The summed E-state index contributed by atoms with van der Waals surface area (Å²) in [4.78, 5) is 4.64. The molecule has 0 unspecified atom stereocenters. The van der Waals surface area contributed by atoms with Crippen molar-refractivity contribution in [3.63, 3.8) is 0 Å². The molecular weight excluding hydrogens is 202 g/mol. The smallest absolute Gasteiger partial charge is 0.153 e. The predicted molar refractivity (Wildman–Crippen MR) is 60.4 cm³/mol. The van der Waals surface area contributed by atoms with Gasteiger partial charge in [0.1, 0.15) is 5.82 Å². The molecule has 0 amide bonds. The van der Waals surface area contributed by atoms with Gasteiger partial charge in [-0.3, -0.25) is 5.10 Å². The number of nitrogens with zero attached hydrogens (tertiary/aromatic N) is 2. The molecular formula is C12H19N3O. The first-order valence-corrected chi connectivity index (χ1v) is 6.32. The minimum Gasteiger partial charge on any atom is -0.381 e. The summed E-state index contributed by atoms with van der Waals surface area (Å²) in [6, 6.07) is 0. The Bertz CT molecular complexity index is 351. The molecule has 88 valence electrons. The zero-order chi connectivity index (χ0) is 11.0. The molecule has 3 rings (SSSR count). The molecule has 0 saturated heterocycles. The second-order valence-electron chi connectivity index (χ2n) is 5.06. The first kappa shape index (κ1) is 10.3. The molecule has 0 radical (unpaired) electrons. The summed E-state index contributed by atoms with van der Waals surface area (Å²) >= 11 is 0. The van der Waals surface area contributed by atoms with Gasteiger partial charge in [0.2, 0.25) is 0 Å². The summed E-state index contributed by atoms with van der Waals surface area (Å²) in [5.41, 5.74) is 0. The lowest BCUT2D eigenvalue weighted by molar-refractivity contribution is 0.0651. The molecule has 2 aliphatic carbocycles. The van der Waals surface area contributed by atoms with Gasteiger partial charge >= 0.3 is 0 Å². The average molecular weight is 221 g/mol. The van der Waals surface area contributed by atoms with Crippen molar-refractivity contribution >= 4 is 0 Å². The standard InChI is InChI=1S/C12H19N3O/c1-16-10-6-4-9(5-7-10)12-13-11(14-15-12)8-2-3-8/h8-10H,2-7H2,1H3,(H,13,14,15). The fourth-order valence-electron chi connectivity index (χ4n) is 2.57. The van der Waals surface area contributed by atoms with Gasteiger partial charge in [0, 0.05) is 18.9 Å². The Balaban J connectivity index is 1.63. The van der Waals surface area contributed by atoms with Crippen molar-refractivity contribution < 1.29 is 4.74 Å². The molecule has 1 N–H and O–H groups in total. The normalized spacial score (nSPS) is 30.6. The lowest BCUT2D eigenvalue weighted by Crippen LogP contribution is -2.19. The maximum absolute atomic E-state index is 5.38. The summed E-state index contributed by atoms with van der Waals surface area (Å²) < 4.78 is 5.38. The summed E-state index contributed by atoms with van der Waals surface area (Å²) in [6.07, 6.45) is 7.67. The minimum atomic E-state index is 0.460. The molecule has 1 aromatic heterocycles. The van der Waals surface area contributed by atoms with E-state index in [-0.39, 0.29) is 0 Å². The minimum absolute atomic E-state index is 0.460. The largest absolute Gasteiger partial charge is 0.381 e. The Labute approximate surface area is 95.8 Å². The molecule has 16 heavy (non-hydrogen) atoms. The highest BCUT2D eigenvalue weighted by Gasteiger charge is 2.30. The van der Waals surface area contributed by atoms with Gasteiger partial charge in [-0.05, 0) is 38.5 Å². The Morgan fingerprint density at radius 3 is 2.38 bits per heavy atom. The molecule has 1 aromatic rings. The van der Waals surface area contributed by atoms with Crippen LogP contribution in [-0.2, 0) is 4.74 Å². The second kappa shape index (κ2) is 4.17. The molecule has 2 saturated carbocycles. The van der Waals surface area contributed by atoms with E-state index in [1.165, 1.54) is 25.7 Å². The van der Waals surface area contributed by atoms with Gasteiger partial charge in [0.15, 0.2) is 5.82 Å². The van der Waals surface area contributed by atoms with Crippen molar-refractivity contribution in [3.8, 4) is 0 Å². The van der Waals surface area contributed by atoms with E-state index in [1.54, 1.807) is 0 Å². The van der Waals surface area contributed by atoms with E-state index in [0.717, 1.165) is 24.5 Å². The van der Waals surface area contributed by atoms with E-state index in [0.29, 0.717) is 17.9 Å². The second-order valence-corrected chi connectivity index (χ2v) is 5.06. The molecule has 4 nitrogen and oxygen atoms in total. The molecule has 0 bridgehead atoms. The van der Waals surface area contributed by atoms with E-state index in [1.807, 2.05) is 7.11 Å². The topological polar surface area (TPSA) is 50.8 Å². The zero-order valence-electron chi connectivity index (χ0n) is 9.78. The van der Waals surface area contributed by atoms with Crippen molar-refractivity contribution in [1.82, 2.24) is 15.2 Å². The maximum Gasteiger partial charge on any atom is 0.153 e. The number of rotatable bonds is 3. The highest BCUT2D eigenvalue weighted by molar-refractivity contribution is 5.07. The third-order valence-electron chi connectivity index (χ3n) is 3.86. The van der Waals surface area contributed by atoms with Crippen LogP contribution in [0.3, 0.4) is 0 Å². The van der Waals surface area contributed by atoms with E-state index in [4.69, 9.17) is 4.74 Å². The quantitative estimate of drug-likeness (QED) is 0.852. The molecule has 0 aromatic carbocycles. The van der Waals surface area contributed by atoms with Gasteiger partial charge in [-0.15, -0.1) is 0 Å². The van der Waals surface area contributed by atoms with Crippen LogP contribution in [0.2, 0.25) is 0 Å². The summed E-state index contributed by atoms with van der Waals surface area (Å²) in [6.45, 7) is 0. The molecule has 0 spiro atoms. The maximum atomic E-state index is 5.38. The number of hydrogen-bond acceptors (Lipinski definition) is 3. The van der Waals surface area contributed by atoms with Crippen LogP contribution in [0.4, 0.5) is 0 Å². The third-order valence-corrected chi connectivity index (χ3v) is 3.86. The van der Waals surface area contributed by atoms with E-state index < -0.39 is 0 Å². The van der Waals surface area contributed by atoms with Crippen LogP contribution in [0.25, 0.3) is 0 Å². The fraction of sp³-hybridized carbons (Fsp3) is 0.833. The Kier molecular flexibility index (Phi) is 2.67. The average Bonchev–Trinajstić information content (AvgIpc) is 3.08. The lowest BCUT2D eigenvalue weighted by atomic mass is 9.87. The Morgan fingerprint density at radius 2 is 1.75 bits per heavy atom. The van der Waals surface area contributed by atoms with Gasteiger partial charge < -0.3 is 4.74 Å². The van der Waals surface area contributed by atoms with Gasteiger partial charge in [0.25, 0.3) is 0 Å². The van der Waals surface area contributed by atoms with Crippen molar-refractivity contribution in [3.05, 3.63) is 11.6 Å².